The molecule has 2 heteroatoms. The third-order valence-corrected chi connectivity index (χ3v) is 5.01. The van der Waals surface area contributed by atoms with E-state index in [1.807, 2.05) is 18.2 Å². The molecule has 4 rings (SSSR count). The average Bonchev–Trinajstić information content (AvgIpc) is 2.95. The maximum absolute atomic E-state index is 4.84. The van der Waals surface area contributed by atoms with Crippen LogP contribution in [0.4, 0.5) is 0 Å². The fourth-order valence-corrected chi connectivity index (χ4v) is 3.78. The number of fused-ring (bicyclic) bond motifs is 1. The number of hydrogen-bond donors (Lipinski definition) is 0. The third kappa shape index (κ3) is 2.77. The second-order valence-corrected chi connectivity index (χ2v) is 7.01. The molecule has 0 aliphatic carbocycles. The van der Waals surface area contributed by atoms with Crippen molar-refractivity contribution in [1.29, 1.82) is 0 Å². The van der Waals surface area contributed by atoms with Gasteiger partial charge in [-0.3, -0.25) is 0 Å². The van der Waals surface area contributed by atoms with Crippen LogP contribution in [0.1, 0.15) is 11.1 Å². The van der Waals surface area contributed by atoms with Gasteiger partial charge < -0.3 is 0 Å². The zero-order valence-corrected chi connectivity index (χ0v) is 14.3. The minimum atomic E-state index is 0.991. The molecule has 4 aromatic rings. The first kappa shape index (κ1) is 14.9. The zero-order valence-electron chi connectivity index (χ0n) is 13.5. The Balaban J connectivity index is 1.88. The zero-order chi connectivity index (χ0) is 16.5. The SMILES string of the molecule is C=c1sc(=Cc2ccccc2)nc1-c1cc2ccccc2cc1C. The normalized spacial score (nSPS) is 12.0. The molecule has 3 aromatic carbocycles. The molecule has 0 atom stereocenters. The van der Waals surface area contributed by atoms with Crippen LogP contribution in [0.15, 0.2) is 66.7 Å². The lowest BCUT2D eigenvalue weighted by atomic mass is 10.00. The van der Waals surface area contributed by atoms with E-state index in [2.05, 4.69) is 68.1 Å². The Morgan fingerprint density at radius 3 is 2.33 bits per heavy atom. The van der Waals surface area contributed by atoms with Crippen LogP contribution < -0.4 is 9.20 Å². The van der Waals surface area contributed by atoms with E-state index in [9.17, 15) is 0 Å². The molecule has 0 fully saturated rings. The maximum Gasteiger partial charge on any atom is 0.117 e. The molecule has 1 nitrogen and oxygen atoms in total. The van der Waals surface area contributed by atoms with Gasteiger partial charge in [-0.2, -0.15) is 0 Å². The van der Waals surface area contributed by atoms with Crippen molar-refractivity contribution in [3.05, 3.63) is 87.1 Å². The highest BCUT2D eigenvalue weighted by Gasteiger charge is 2.08. The van der Waals surface area contributed by atoms with E-state index in [0.29, 0.717) is 0 Å². The highest BCUT2D eigenvalue weighted by Crippen LogP contribution is 2.25. The number of nitrogens with zero attached hydrogens (tertiary/aromatic N) is 1. The van der Waals surface area contributed by atoms with E-state index >= 15 is 0 Å². The molecular weight excluding hydrogens is 310 g/mol. The van der Waals surface area contributed by atoms with Crippen LogP contribution in [0.5, 0.6) is 0 Å². The van der Waals surface area contributed by atoms with Crippen LogP contribution in [0, 0.1) is 6.92 Å². The smallest absolute Gasteiger partial charge is 0.117 e. The second kappa shape index (κ2) is 6.06. The van der Waals surface area contributed by atoms with Gasteiger partial charge in [-0.25, -0.2) is 4.98 Å². The molecule has 0 saturated heterocycles. The summed E-state index contributed by atoms with van der Waals surface area (Å²) >= 11 is 1.64. The van der Waals surface area contributed by atoms with Crippen LogP contribution in [0.25, 0.3) is 34.7 Å². The Kier molecular flexibility index (Phi) is 3.75. The lowest BCUT2D eigenvalue weighted by Gasteiger charge is -2.06. The summed E-state index contributed by atoms with van der Waals surface area (Å²) in [6.07, 6.45) is 2.11. The van der Waals surface area contributed by atoms with Gasteiger partial charge in [0.05, 0.1) is 5.69 Å². The third-order valence-electron chi connectivity index (χ3n) is 4.15. The quantitative estimate of drug-likeness (QED) is 0.528. The van der Waals surface area contributed by atoms with Gasteiger partial charge in [-0.05, 0) is 41.0 Å². The molecule has 0 radical (unpaired) electrons. The summed E-state index contributed by atoms with van der Waals surface area (Å²) in [5.41, 5.74) is 4.55. The molecule has 0 amide bonds. The summed E-state index contributed by atoms with van der Waals surface area (Å²) in [6, 6.07) is 23.2. The van der Waals surface area contributed by atoms with Crippen LogP contribution in [0.3, 0.4) is 0 Å². The Hall–Kier alpha value is -2.71. The van der Waals surface area contributed by atoms with Gasteiger partial charge in [0.1, 0.15) is 4.66 Å². The van der Waals surface area contributed by atoms with Crippen molar-refractivity contribution >= 4 is 34.8 Å². The molecule has 116 valence electrons. The standard InChI is InChI=1S/C22H17NS/c1-15-12-18-10-6-7-11-19(18)14-20(15)22-16(2)24-21(23-22)13-17-8-4-3-5-9-17/h3-14H,2H2,1H3. The number of rotatable bonds is 2. The van der Waals surface area contributed by atoms with Crippen molar-refractivity contribution in [1.82, 2.24) is 4.98 Å². The summed E-state index contributed by atoms with van der Waals surface area (Å²) in [4.78, 5) is 4.84. The van der Waals surface area contributed by atoms with Gasteiger partial charge in [-0.1, -0.05) is 67.2 Å². The molecule has 0 unspecified atom stereocenters. The first-order valence-electron chi connectivity index (χ1n) is 7.93. The van der Waals surface area contributed by atoms with Gasteiger partial charge >= 0.3 is 0 Å². The van der Waals surface area contributed by atoms with Crippen molar-refractivity contribution in [2.24, 2.45) is 0 Å². The Labute approximate surface area is 145 Å². The topological polar surface area (TPSA) is 12.9 Å². The highest BCUT2D eigenvalue weighted by atomic mass is 32.1. The van der Waals surface area contributed by atoms with E-state index < -0.39 is 0 Å². The van der Waals surface area contributed by atoms with E-state index in [1.165, 1.54) is 21.9 Å². The molecule has 24 heavy (non-hydrogen) atoms. The predicted octanol–water partition coefficient (Wildman–Crippen LogP) is 4.51. The first-order valence-corrected chi connectivity index (χ1v) is 8.75. The Bertz CT molecular complexity index is 1120. The number of thiazole rings is 1. The Morgan fingerprint density at radius 2 is 1.58 bits per heavy atom. The molecule has 0 aliphatic heterocycles. The number of benzene rings is 3. The molecule has 1 aromatic heterocycles. The largest absolute Gasteiger partial charge is 0.236 e. The number of hydrogen-bond acceptors (Lipinski definition) is 2. The minimum Gasteiger partial charge on any atom is -0.236 e. The lowest BCUT2D eigenvalue weighted by molar-refractivity contribution is 1.32. The summed E-state index contributed by atoms with van der Waals surface area (Å²) < 4.78 is 2.00. The van der Waals surface area contributed by atoms with Crippen molar-refractivity contribution in [3.8, 4) is 11.3 Å². The summed E-state index contributed by atoms with van der Waals surface area (Å²) in [5, 5.41) is 2.50. The van der Waals surface area contributed by atoms with Crippen LogP contribution in [-0.4, -0.2) is 4.98 Å². The van der Waals surface area contributed by atoms with E-state index in [0.717, 1.165) is 20.5 Å². The maximum atomic E-state index is 4.84. The predicted molar refractivity (Wildman–Crippen MR) is 105 cm³/mol. The van der Waals surface area contributed by atoms with E-state index in [-0.39, 0.29) is 0 Å². The first-order chi connectivity index (χ1) is 11.7. The molecule has 1 heterocycles. The molecule has 0 bridgehead atoms. The van der Waals surface area contributed by atoms with Crippen molar-refractivity contribution in [2.45, 2.75) is 6.92 Å². The van der Waals surface area contributed by atoms with Gasteiger partial charge in [0.15, 0.2) is 0 Å². The summed E-state index contributed by atoms with van der Waals surface area (Å²) in [6.45, 7) is 6.36. The van der Waals surface area contributed by atoms with Gasteiger partial charge in [0.2, 0.25) is 0 Å². The Morgan fingerprint density at radius 1 is 0.917 bits per heavy atom. The molecule has 0 N–H and O–H groups in total. The molecule has 0 spiro atoms. The van der Waals surface area contributed by atoms with Crippen molar-refractivity contribution in [3.63, 3.8) is 0 Å². The molecular formula is C22H17NS. The summed E-state index contributed by atoms with van der Waals surface area (Å²) in [5.74, 6) is 0. The fraction of sp³-hybridized carbons (Fsp3) is 0.0455. The van der Waals surface area contributed by atoms with Crippen LogP contribution in [0.2, 0.25) is 0 Å². The van der Waals surface area contributed by atoms with Crippen LogP contribution >= 0.6 is 11.3 Å². The monoisotopic (exact) mass is 327 g/mol. The van der Waals surface area contributed by atoms with Gasteiger partial charge in [0.25, 0.3) is 0 Å². The fourth-order valence-electron chi connectivity index (χ4n) is 2.94. The van der Waals surface area contributed by atoms with Gasteiger partial charge in [0, 0.05) is 10.1 Å². The van der Waals surface area contributed by atoms with E-state index in [1.54, 1.807) is 11.3 Å². The van der Waals surface area contributed by atoms with Crippen LogP contribution in [-0.2, 0) is 0 Å². The van der Waals surface area contributed by atoms with E-state index in [4.69, 9.17) is 4.98 Å². The van der Waals surface area contributed by atoms with Crippen molar-refractivity contribution < 1.29 is 0 Å². The minimum absolute atomic E-state index is 0.991. The molecule has 0 aliphatic rings. The highest BCUT2D eigenvalue weighted by molar-refractivity contribution is 7.07. The summed E-state index contributed by atoms with van der Waals surface area (Å²) in [7, 11) is 0. The lowest BCUT2D eigenvalue weighted by Crippen LogP contribution is -1.99. The average molecular weight is 327 g/mol. The van der Waals surface area contributed by atoms with Gasteiger partial charge in [-0.15, -0.1) is 11.3 Å². The number of aromatic nitrogens is 1. The number of aryl methyl sites for hydroxylation is 1. The molecule has 0 saturated carbocycles. The van der Waals surface area contributed by atoms with Crippen molar-refractivity contribution in [2.75, 3.05) is 0 Å². The second-order valence-electron chi connectivity index (χ2n) is 5.89.